The number of hydrogen-bond donors (Lipinski definition) is 0. The number of carbonyl (C=O) groups is 1. The highest BCUT2D eigenvalue weighted by atomic mass is 32.2. The number of aryl methyl sites for hydroxylation is 2. The zero-order chi connectivity index (χ0) is 21.1. The molecule has 0 saturated carbocycles. The van der Waals surface area contributed by atoms with Gasteiger partial charge in [-0.25, -0.2) is 4.98 Å². The molecule has 0 radical (unpaired) electrons. The van der Waals surface area contributed by atoms with Crippen molar-refractivity contribution in [1.29, 1.82) is 0 Å². The number of aromatic nitrogens is 2. The zero-order valence-corrected chi connectivity index (χ0v) is 18.9. The number of nitrogens with zero attached hydrogens (tertiary/aromatic N) is 3. The van der Waals surface area contributed by atoms with Crippen molar-refractivity contribution in [3.63, 3.8) is 0 Å². The molecule has 4 aromatic rings. The minimum absolute atomic E-state index is 0.0675. The van der Waals surface area contributed by atoms with Crippen LogP contribution >= 0.6 is 23.1 Å². The number of pyridine rings is 1. The topological polar surface area (TPSA) is 46.1 Å². The first-order chi connectivity index (χ1) is 14.5. The highest BCUT2D eigenvalue weighted by Gasteiger charge is 2.22. The molecule has 4 rings (SSSR count). The molecule has 6 heteroatoms. The fourth-order valence-corrected chi connectivity index (χ4v) is 5.17. The number of rotatable bonds is 6. The molecule has 0 fully saturated rings. The Morgan fingerprint density at radius 3 is 2.60 bits per heavy atom. The summed E-state index contributed by atoms with van der Waals surface area (Å²) in [7, 11) is 0. The number of anilines is 1. The molecule has 0 aliphatic rings. The average molecular weight is 434 g/mol. The molecule has 30 heavy (non-hydrogen) atoms. The lowest BCUT2D eigenvalue weighted by Crippen LogP contribution is -2.30. The maximum Gasteiger partial charge on any atom is 0.260 e. The molecular formula is C24H23N3OS2. The van der Waals surface area contributed by atoms with E-state index in [1.165, 1.54) is 5.56 Å². The Hall–Kier alpha value is -2.70. The highest BCUT2D eigenvalue weighted by Crippen LogP contribution is 2.33. The Morgan fingerprint density at radius 2 is 1.90 bits per heavy atom. The van der Waals surface area contributed by atoms with Crippen molar-refractivity contribution in [2.24, 2.45) is 0 Å². The molecule has 2 aromatic carbocycles. The summed E-state index contributed by atoms with van der Waals surface area (Å²) in [5.74, 6) is 0.936. The third kappa shape index (κ3) is 4.40. The second-order valence-electron chi connectivity index (χ2n) is 7.09. The number of amides is 1. The van der Waals surface area contributed by atoms with Crippen LogP contribution in [0, 0.1) is 13.8 Å². The van der Waals surface area contributed by atoms with Gasteiger partial charge in [-0.3, -0.25) is 14.7 Å². The molecule has 2 heterocycles. The molecule has 0 saturated heterocycles. The first-order valence-corrected chi connectivity index (χ1v) is 11.7. The van der Waals surface area contributed by atoms with Crippen molar-refractivity contribution in [3.8, 4) is 0 Å². The van der Waals surface area contributed by atoms with E-state index in [4.69, 9.17) is 4.98 Å². The Kier molecular flexibility index (Phi) is 6.16. The third-order valence-corrected chi connectivity index (χ3v) is 6.67. The van der Waals surface area contributed by atoms with Gasteiger partial charge in [-0.15, -0.1) is 11.8 Å². The summed E-state index contributed by atoms with van der Waals surface area (Å²) in [6.07, 6.45) is 1.75. The van der Waals surface area contributed by atoms with E-state index in [9.17, 15) is 4.79 Å². The maximum absolute atomic E-state index is 13.5. The molecule has 0 aliphatic heterocycles. The van der Waals surface area contributed by atoms with Crippen molar-refractivity contribution in [1.82, 2.24) is 9.97 Å². The van der Waals surface area contributed by atoms with E-state index in [2.05, 4.69) is 37.9 Å². The molecule has 2 aromatic heterocycles. The van der Waals surface area contributed by atoms with Crippen molar-refractivity contribution >= 4 is 44.4 Å². The molecular weight excluding hydrogens is 410 g/mol. The highest BCUT2D eigenvalue weighted by molar-refractivity contribution is 7.99. The zero-order valence-electron chi connectivity index (χ0n) is 17.3. The fourth-order valence-electron chi connectivity index (χ4n) is 3.37. The van der Waals surface area contributed by atoms with Gasteiger partial charge in [-0.1, -0.05) is 30.4 Å². The number of fused-ring (bicyclic) bond motifs is 1. The largest absolute Gasteiger partial charge is 0.278 e. The summed E-state index contributed by atoms with van der Waals surface area (Å²) in [5, 5.41) is 0.696. The minimum Gasteiger partial charge on any atom is -0.278 e. The lowest BCUT2D eigenvalue weighted by Gasteiger charge is -2.19. The van der Waals surface area contributed by atoms with Crippen LogP contribution in [0.3, 0.4) is 0 Å². The van der Waals surface area contributed by atoms with Crippen LogP contribution in [-0.4, -0.2) is 21.6 Å². The van der Waals surface area contributed by atoms with Crippen molar-refractivity contribution < 1.29 is 4.79 Å². The van der Waals surface area contributed by atoms with Crippen LogP contribution in [0.4, 0.5) is 5.13 Å². The van der Waals surface area contributed by atoms with Crippen LogP contribution in [0.1, 0.15) is 34.1 Å². The van der Waals surface area contributed by atoms with Crippen LogP contribution in [0.15, 0.2) is 65.7 Å². The molecule has 0 bridgehead atoms. The van der Waals surface area contributed by atoms with Gasteiger partial charge in [0.25, 0.3) is 5.91 Å². The molecule has 0 aliphatic carbocycles. The van der Waals surface area contributed by atoms with Gasteiger partial charge in [0.05, 0.1) is 22.5 Å². The number of carbonyl (C=O) groups excluding carboxylic acids is 1. The van der Waals surface area contributed by atoms with Crippen LogP contribution < -0.4 is 4.90 Å². The average Bonchev–Trinajstić information content (AvgIpc) is 3.17. The normalized spacial score (nSPS) is 11.0. The minimum atomic E-state index is -0.0675. The van der Waals surface area contributed by atoms with Gasteiger partial charge in [0.15, 0.2) is 5.13 Å². The van der Waals surface area contributed by atoms with E-state index in [0.29, 0.717) is 17.2 Å². The van der Waals surface area contributed by atoms with Gasteiger partial charge in [-0.05, 0) is 73.2 Å². The lowest BCUT2D eigenvalue weighted by molar-refractivity contribution is 0.0984. The quantitative estimate of drug-likeness (QED) is 0.336. The van der Waals surface area contributed by atoms with Gasteiger partial charge in [0.1, 0.15) is 0 Å². The Labute approximate surface area is 185 Å². The van der Waals surface area contributed by atoms with Gasteiger partial charge in [0, 0.05) is 16.7 Å². The Morgan fingerprint density at radius 1 is 1.10 bits per heavy atom. The van der Waals surface area contributed by atoms with Gasteiger partial charge in [0.2, 0.25) is 0 Å². The molecule has 4 nitrogen and oxygen atoms in total. The smallest absolute Gasteiger partial charge is 0.260 e. The standard InChI is InChI=1S/C24H23N3OS2/c1-4-29-20-10-8-18(9-11-20)23(28)27(15-19-7-5-6-12-25-19)24-26-22-17(3)13-16(2)14-21(22)30-24/h5-14H,4,15H2,1-3H3. The SMILES string of the molecule is CCSc1ccc(C(=O)N(Cc2ccccn2)c2nc3c(C)cc(C)cc3s2)cc1. The molecule has 0 N–H and O–H groups in total. The number of benzene rings is 2. The Bertz CT molecular complexity index is 1170. The lowest BCUT2D eigenvalue weighted by atomic mass is 10.1. The van der Waals surface area contributed by atoms with E-state index >= 15 is 0 Å². The number of thiazole rings is 1. The third-order valence-electron chi connectivity index (χ3n) is 4.75. The van der Waals surface area contributed by atoms with Crippen LogP contribution in [0.25, 0.3) is 10.2 Å². The summed E-state index contributed by atoms with van der Waals surface area (Å²) in [6, 6.07) is 17.8. The van der Waals surface area contributed by atoms with E-state index in [1.54, 1.807) is 34.2 Å². The fraction of sp³-hybridized carbons (Fsp3) is 0.208. The summed E-state index contributed by atoms with van der Waals surface area (Å²) in [4.78, 5) is 25.7. The Balaban J connectivity index is 1.74. The molecule has 0 spiro atoms. The van der Waals surface area contributed by atoms with Crippen LogP contribution in [-0.2, 0) is 6.54 Å². The van der Waals surface area contributed by atoms with E-state index in [1.807, 2.05) is 42.5 Å². The first kappa shape index (κ1) is 20.6. The summed E-state index contributed by atoms with van der Waals surface area (Å²) in [5.41, 5.74) is 4.75. The van der Waals surface area contributed by atoms with E-state index in [0.717, 1.165) is 32.1 Å². The van der Waals surface area contributed by atoms with Crippen LogP contribution in [0.2, 0.25) is 0 Å². The van der Waals surface area contributed by atoms with Crippen molar-refractivity contribution in [3.05, 3.63) is 83.2 Å². The van der Waals surface area contributed by atoms with Gasteiger partial charge >= 0.3 is 0 Å². The molecule has 0 atom stereocenters. The number of hydrogen-bond acceptors (Lipinski definition) is 5. The second kappa shape index (κ2) is 8.98. The summed E-state index contributed by atoms with van der Waals surface area (Å²) >= 11 is 3.31. The number of thioether (sulfide) groups is 1. The summed E-state index contributed by atoms with van der Waals surface area (Å²) < 4.78 is 1.09. The molecule has 1 amide bonds. The monoisotopic (exact) mass is 433 g/mol. The predicted octanol–water partition coefficient (Wildman–Crippen LogP) is 6.27. The second-order valence-corrected chi connectivity index (χ2v) is 9.44. The van der Waals surface area contributed by atoms with Gasteiger partial charge in [-0.2, -0.15) is 0 Å². The molecule has 0 unspecified atom stereocenters. The van der Waals surface area contributed by atoms with E-state index < -0.39 is 0 Å². The first-order valence-electron chi connectivity index (χ1n) is 9.87. The van der Waals surface area contributed by atoms with E-state index in [-0.39, 0.29) is 5.91 Å². The maximum atomic E-state index is 13.5. The van der Waals surface area contributed by atoms with Crippen molar-refractivity contribution in [2.75, 3.05) is 10.7 Å². The van der Waals surface area contributed by atoms with Crippen LogP contribution in [0.5, 0.6) is 0 Å². The van der Waals surface area contributed by atoms with Crippen molar-refractivity contribution in [2.45, 2.75) is 32.2 Å². The summed E-state index contributed by atoms with van der Waals surface area (Å²) in [6.45, 7) is 6.64. The van der Waals surface area contributed by atoms with Gasteiger partial charge < -0.3 is 0 Å². The molecule has 152 valence electrons. The predicted molar refractivity (Wildman–Crippen MR) is 127 cm³/mol.